The molecule has 0 aromatic rings. The average Bonchev–Trinajstić information content (AvgIpc) is 3.43. The molecule has 4 heterocycles. The number of likely N-dealkylation sites (tertiary alicyclic amines) is 3. The van der Waals surface area contributed by atoms with Gasteiger partial charge in [-0.2, -0.15) is 0 Å². The summed E-state index contributed by atoms with van der Waals surface area (Å²) in [5, 5.41) is 3.39. The first kappa shape index (κ1) is 28.7. The Labute approximate surface area is 235 Å². The monoisotopic (exact) mass is 544 g/mol. The second-order valence-electron chi connectivity index (χ2n) is 13.9. The van der Waals surface area contributed by atoms with Gasteiger partial charge in [0.15, 0.2) is 0 Å². The number of amides is 3. The van der Waals surface area contributed by atoms with Gasteiger partial charge in [0.05, 0.1) is 0 Å². The second kappa shape index (κ2) is 12.4. The lowest BCUT2D eigenvalue weighted by Crippen LogP contribution is -2.51. The fraction of sp³-hybridized carbons (Fsp3) is 0.903. The lowest BCUT2D eigenvalue weighted by Gasteiger charge is -2.41. The molecule has 2 saturated carbocycles. The van der Waals surface area contributed by atoms with Crippen molar-refractivity contribution in [1.29, 1.82) is 0 Å². The topological polar surface area (TPSA) is 82.2 Å². The highest BCUT2D eigenvalue weighted by Crippen LogP contribution is 2.40. The molecule has 6 fully saturated rings. The number of fused-ring (bicyclic) bond motifs is 2. The molecular weight excluding hydrogens is 492 g/mol. The molecular formula is C31H52N4O4. The third kappa shape index (κ3) is 6.74. The molecule has 39 heavy (non-hydrogen) atoms. The summed E-state index contributed by atoms with van der Waals surface area (Å²) in [5.74, 6) is 2.07. The normalized spacial score (nSPS) is 32.4. The number of carbonyl (C=O) groups excluding carboxylic acids is 3. The zero-order valence-electron chi connectivity index (χ0n) is 24.7. The summed E-state index contributed by atoms with van der Waals surface area (Å²) < 4.78 is 5.45. The molecule has 3 amide bonds. The quantitative estimate of drug-likeness (QED) is 0.545. The van der Waals surface area contributed by atoms with E-state index in [1.165, 1.54) is 51.4 Å². The maximum Gasteiger partial charge on any atom is 0.410 e. The van der Waals surface area contributed by atoms with Crippen LogP contribution in [0.5, 0.6) is 0 Å². The first-order chi connectivity index (χ1) is 18.7. The Balaban J connectivity index is 0.000000168. The number of hydrogen-bond donors (Lipinski definition) is 1. The van der Waals surface area contributed by atoms with Gasteiger partial charge in [-0.25, -0.2) is 4.79 Å². The molecule has 0 radical (unpaired) electrons. The van der Waals surface area contributed by atoms with E-state index in [2.05, 4.69) is 15.1 Å². The van der Waals surface area contributed by atoms with E-state index in [1.54, 1.807) is 4.90 Å². The number of ether oxygens (including phenoxy) is 1. The predicted molar refractivity (Wildman–Crippen MR) is 151 cm³/mol. The van der Waals surface area contributed by atoms with E-state index in [1.807, 2.05) is 20.8 Å². The van der Waals surface area contributed by atoms with Crippen molar-refractivity contribution in [2.45, 2.75) is 140 Å². The lowest BCUT2D eigenvalue weighted by atomic mass is 9.84. The van der Waals surface area contributed by atoms with Crippen LogP contribution in [0.25, 0.3) is 0 Å². The molecule has 2 unspecified atom stereocenters. The maximum atomic E-state index is 12.5. The van der Waals surface area contributed by atoms with Crippen LogP contribution in [0.3, 0.4) is 0 Å². The highest BCUT2D eigenvalue weighted by molar-refractivity contribution is 5.80. The Morgan fingerprint density at radius 2 is 1.18 bits per heavy atom. The highest BCUT2D eigenvalue weighted by atomic mass is 16.6. The number of hydrogen-bond acceptors (Lipinski definition) is 5. The van der Waals surface area contributed by atoms with Crippen molar-refractivity contribution in [3.8, 4) is 0 Å². The van der Waals surface area contributed by atoms with Crippen LogP contribution in [0.4, 0.5) is 4.79 Å². The van der Waals surface area contributed by atoms with Crippen molar-refractivity contribution in [2.24, 2.45) is 11.8 Å². The molecule has 4 aliphatic heterocycles. The van der Waals surface area contributed by atoms with E-state index < -0.39 is 5.60 Å². The minimum atomic E-state index is -0.450. The van der Waals surface area contributed by atoms with Gasteiger partial charge in [0.1, 0.15) is 5.60 Å². The predicted octanol–water partition coefficient (Wildman–Crippen LogP) is 4.71. The van der Waals surface area contributed by atoms with Crippen LogP contribution >= 0.6 is 0 Å². The molecule has 8 heteroatoms. The Bertz CT molecular complexity index is 874. The molecule has 8 nitrogen and oxygen atoms in total. The van der Waals surface area contributed by atoms with Crippen LogP contribution in [0.15, 0.2) is 0 Å². The van der Waals surface area contributed by atoms with Crippen LogP contribution < -0.4 is 5.32 Å². The molecule has 0 aromatic carbocycles. The van der Waals surface area contributed by atoms with Gasteiger partial charge in [0.2, 0.25) is 11.8 Å². The smallest absolute Gasteiger partial charge is 0.410 e. The Morgan fingerprint density at radius 3 is 1.67 bits per heavy atom. The van der Waals surface area contributed by atoms with Crippen molar-refractivity contribution in [1.82, 2.24) is 20.0 Å². The number of piperidine rings is 2. The van der Waals surface area contributed by atoms with Crippen molar-refractivity contribution < 1.29 is 19.1 Å². The van der Waals surface area contributed by atoms with E-state index >= 15 is 0 Å². The Morgan fingerprint density at radius 1 is 0.718 bits per heavy atom. The number of nitrogens with zero attached hydrogens (tertiary/aromatic N) is 3. The van der Waals surface area contributed by atoms with Crippen LogP contribution in [0.1, 0.15) is 111 Å². The molecule has 6 rings (SSSR count). The van der Waals surface area contributed by atoms with Crippen LogP contribution in [0.2, 0.25) is 0 Å². The fourth-order valence-corrected chi connectivity index (χ4v) is 8.30. The summed E-state index contributed by atoms with van der Waals surface area (Å²) in [5.41, 5.74) is -0.450. The molecule has 4 saturated heterocycles. The molecule has 1 N–H and O–H groups in total. The van der Waals surface area contributed by atoms with Gasteiger partial charge in [-0.05, 0) is 97.1 Å². The molecule has 0 spiro atoms. The summed E-state index contributed by atoms with van der Waals surface area (Å²) in [6, 6.07) is 1.93. The van der Waals surface area contributed by atoms with Crippen LogP contribution in [0, 0.1) is 11.8 Å². The molecule has 220 valence electrons. The van der Waals surface area contributed by atoms with Crippen molar-refractivity contribution in [2.75, 3.05) is 26.2 Å². The molecule has 0 aromatic heterocycles. The molecule has 4 atom stereocenters. The SMILES string of the molecule is CC(C)(C)OC(=O)N1CCC(N2C(=O)CC3CCCC[C@H]32)CC1.O=C1CC2CCCC[C@H]2N1C1CCNCC1. The Kier molecular flexibility index (Phi) is 9.09. The minimum absolute atomic E-state index is 0.223. The fourth-order valence-electron chi connectivity index (χ4n) is 8.30. The number of rotatable bonds is 2. The Hall–Kier alpha value is -1.83. The average molecular weight is 545 g/mol. The van der Waals surface area contributed by atoms with Crippen molar-refractivity contribution in [3.63, 3.8) is 0 Å². The van der Waals surface area contributed by atoms with Gasteiger partial charge in [0, 0.05) is 50.1 Å². The minimum Gasteiger partial charge on any atom is -0.444 e. The molecule has 6 aliphatic rings. The standard InChI is InChI=1S/C18H30N2O3.C13H22N2O/c1-18(2,3)23-17(22)19-10-8-14(9-11-19)20-15-7-5-4-6-13(15)12-16(20)21;16-13-9-10-3-1-2-4-12(10)15(13)11-5-7-14-8-6-11/h13-15H,4-12H2,1-3H3;10-12,14H,1-9H2/t13?,15-;10?,12-/m11/s1. The van der Waals surface area contributed by atoms with Gasteiger partial charge < -0.3 is 24.8 Å². The summed E-state index contributed by atoms with van der Waals surface area (Å²) >= 11 is 0. The first-order valence-corrected chi connectivity index (χ1v) is 16.0. The van der Waals surface area contributed by atoms with Crippen LogP contribution in [-0.2, 0) is 14.3 Å². The highest BCUT2D eigenvalue weighted by Gasteiger charge is 2.45. The second-order valence-corrected chi connectivity index (χ2v) is 13.9. The number of nitrogens with one attached hydrogen (secondary N) is 1. The zero-order chi connectivity index (χ0) is 27.6. The summed E-state index contributed by atoms with van der Waals surface area (Å²) in [6.07, 6.45) is 15.6. The van der Waals surface area contributed by atoms with E-state index in [-0.39, 0.29) is 6.09 Å². The van der Waals surface area contributed by atoms with Gasteiger partial charge >= 0.3 is 6.09 Å². The van der Waals surface area contributed by atoms with E-state index in [9.17, 15) is 14.4 Å². The van der Waals surface area contributed by atoms with E-state index in [0.717, 1.165) is 51.6 Å². The van der Waals surface area contributed by atoms with Crippen LogP contribution in [-0.4, -0.2) is 88.6 Å². The molecule has 2 aliphatic carbocycles. The van der Waals surface area contributed by atoms with E-state index in [4.69, 9.17) is 4.74 Å². The summed E-state index contributed by atoms with van der Waals surface area (Å²) in [7, 11) is 0. The summed E-state index contributed by atoms with van der Waals surface area (Å²) in [4.78, 5) is 43.0. The first-order valence-electron chi connectivity index (χ1n) is 16.0. The third-order valence-corrected chi connectivity index (χ3v) is 10.1. The van der Waals surface area contributed by atoms with Crippen molar-refractivity contribution >= 4 is 17.9 Å². The zero-order valence-corrected chi connectivity index (χ0v) is 24.7. The molecule has 0 bridgehead atoms. The lowest BCUT2D eigenvalue weighted by molar-refractivity contribution is -0.133. The van der Waals surface area contributed by atoms with Gasteiger partial charge in [-0.3, -0.25) is 9.59 Å². The van der Waals surface area contributed by atoms with Crippen molar-refractivity contribution in [3.05, 3.63) is 0 Å². The summed E-state index contributed by atoms with van der Waals surface area (Å²) in [6.45, 7) is 9.25. The van der Waals surface area contributed by atoms with Gasteiger partial charge in [0.25, 0.3) is 0 Å². The van der Waals surface area contributed by atoms with Gasteiger partial charge in [-0.1, -0.05) is 25.7 Å². The van der Waals surface area contributed by atoms with E-state index in [0.29, 0.717) is 60.9 Å². The number of carbonyl (C=O) groups is 3. The van der Waals surface area contributed by atoms with Gasteiger partial charge in [-0.15, -0.1) is 0 Å². The third-order valence-electron chi connectivity index (χ3n) is 10.1. The maximum absolute atomic E-state index is 12.5. The largest absolute Gasteiger partial charge is 0.444 e.